The summed E-state index contributed by atoms with van der Waals surface area (Å²) in [5.74, 6) is 1.46. The normalized spacial score (nSPS) is 11.0. The summed E-state index contributed by atoms with van der Waals surface area (Å²) in [6, 6.07) is 3.79. The third kappa shape index (κ3) is 2.52. The molecule has 3 rings (SSSR count). The van der Waals surface area contributed by atoms with E-state index in [1.54, 1.807) is 12.5 Å². The molecule has 3 N–H and O–H groups in total. The van der Waals surface area contributed by atoms with E-state index in [0.717, 1.165) is 28.8 Å². The van der Waals surface area contributed by atoms with Crippen LogP contribution in [-0.2, 0) is 13.0 Å². The number of hydrogen-bond acceptors (Lipinski definition) is 5. The van der Waals surface area contributed by atoms with Crippen LogP contribution in [0.5, 0.6) is 0 Å². The van der Waals surface area contributed by atoms with E-state index in [0.29, 0.717) is 12.4 Å². The fourth-order valence-corrected chi connectivity index (χ4v) is 2.46. The van der Waals surface area contributed by atoms with Crippen LogP contribution in [0.1, 0.15) is 18.1 Å². The molecule has 0 spiro atoms. The number of pyridine rings is 1. The van der Waals surface area contributed by atoms with Crippen LogP contribution in [0, 0.1) is 0 Å². The predicted molar refractivity (Wildman–Crippen MR) is 84.0 cm³/mol. The quantitative estimate of drug-likeness (QED) is 0.766. The largest absolute Gasteiger partial charge is 0.384 e. The van der Waals surface area contributed by atoms with Gasteiger partial charge < -0.3 is 15.6 Å². The van der Waals surface area contributed by atoms with Crippen molar-refractivity contribution in [2.24, 2.45) is 0 Å². The van der Waals surface area contributed by atoms with Crippen LogP contribution in [0.4, 0.5) is 11.6 Å². The van der Waals surface area contributed by atoms with Crippen LogP contribution >= 0.6 is 0 Å². The first-order chi connectivity index (χ1) is 10.2. The number of nitrogens with two attached hydrogens (primary N) is 1. The zero-order chi connectivity index (χ0) is 14.8. The van der Waals surface area contributed by atoms with Gasteiger partial charge in [0, 0.05) is 26.0 Å². The van der Waals surface area contributed by atoms with E-state index in [2.05, 4.69) is 31.8 Å². The molecule has 6 nitrogen and oxygen atoms in total. The summed E-state index contributed by atoms with van der Waals surface area (Å²) in [5, 5.41) is 1.09. The molecule has 21 heavy (non-hydrogen) atoms. The molecule has 6 heteroatoms. The van der Waals surface area contributed by atoms with Gasteiger partial charge in [-0.2, -0.15) is 0 Å². The van der Waals surface area contributed by atoms with Crippen molar-refractivity contribution in [3.63, 3.8) is 0 Å². The molecule has 3 heterocycles. The molecular weight excluding hydrogens is 264 g/mol. The number of hydrogen-bond donors (Lipinski definition) is 2. The molecule has 0 aliphatic rings. The number of aromatic nitrogens is 4. The molecule has 0 bridgehead atoms. The lowest BCUT2D eigenvalue weighted by Gasteiger charge is -2.19. The number of nitrogens with zero attached hydrogens (tertiary/aromatic N) is 4. The van der Waals surface area contributed by atoms with Gasteiger partial charge in [-0.3, -0.25) is 0 Å². The van der Waals surface area contributed by atoms with Crippen LogP contribution in [0.2, 0.25) is 0 Å². The Hall–Kier alpha value is -2.63. The number of fused-ring (bicyclic) bond motifs is 1. The molecule has 3 aromatic heterocycles. The maximum absolute atomic E-state index is 5.62. The Labute approximate surface area is 123 Å². The highest BCUT2D eigenvalue weighted by Crippen LogP contribution is 2.26. The van der Waals surface area contributed by atoms with Gasteiger partial charge in [0.25, 0.3) is 0 Å². The van der Waals surface area contributed by atoms with E-state index in [4.69, 9.17) is 5.73 Å². The first kappa shape index (κ1) is 13.4. The second-order valence-electron chi connectivity index (χ2n) is 5.04. The lowest BCUT2D eigenvalue weighted by atomic mass is 10.1. The molecule has 0 aromatic carbocycles. The highest BCUT2D eigenvalue weighted by atomic mass is 15.2. The highest BCUT2D eigenvalue weighted by Gasteiger charge is 2.13. The molecule has 108 valence electrons. The standard InChI is InChI=1S/C15H18N6/c1-3-11-7-18-14-13(11)15(20-9-19-14)21(2)8-10-4-5-12(16)17-6-10/h4-7,9H,3,8H2,1-2H3,(H2,16,17)(H,18,19,20). The van der Waals surface area contributed by atoms with Crippen molar-refractivity contribution >= 4 is 22.7 Å². The number of rotatable bonds is 4. The van der Waals surface area contributed by atoms with Crippen molar-refractivity contribution in [2.45, 2.75) is 19.9 Å². The molecule has 0 aliphatic heterocycles. The Balaban J connectivity index is 1.95. The second-order valence-corrected chi connectivity index (χ2v) is 5.04. The van der Waals surface area contributed by atoms with Crippen molar-refractivity contribution in [3.05, 3.63) is 42.0 Å². The Bertz CT molecular complexity index is 746. The van der Waals surface area contributed by atoms with Crippen LogP contribution in [-0.4, -0.2) is 27.0 Å². The fourth-order valence-electron chi connectivity index (χ4n) is 2.46. The molecule has 0 amide bonds. The number of nitrogens with one attached hydrogen (secondary N) is 1. The molecule has 0 radical (unpaired) electrons. The fraction of sp³-hybridized carbons (Fsp3) is 0.267. The van der Waals surface area contributed by atoms with Gasteiger partial charge in [-0.05, 0) is 23.6 Å². The lowest BCUT2D eigenvalue weighted by molar-refractivity contribution is 0.893. The number of aryl methyl sites for hydroxylation is 1. The molecule has 0 saturated carbocycles. The molecule has 3 aromatic rings. The van der Waals surface area contributed by atoms with E-state index in [1.165, 1.54) is 5.56 Å². The van der Waals surface area contributed by atoms with Crippen molar-refractivity contribution in [1.82, 2.24) is 19.9 Å². The molecule has 0 saturated heterocycles. The lowest BCUT2D eigenvalue weighted by Crippen LogP contribution is -2.18. The first-order valence-electron chi connectivity index (χ1n) is 6.91. The predicted octanol–water partition coefficient (Wildman–Crippen LogP) is 2.13. The minimum atomic E-state index is 0.532. The van der Waals surface area contributed by atoms with Crippen LogP contribution in [0.25, 0.3) is 11.0 Å². The van der Waals surface area contributed by atoms with Crippen molar-refractivity contribution < 1.29 is 0 Å². The minimum Gasteiger partial charge on any atom is -0.384 e. The Morgan fingerprint density at radius 2 is 2.10 bits per heavy atom. The Morgan fingerprint density at radius 3 is 2.81 bits per heavy atom. The maximum Gasteiger partial charge on any atom is 0.143 e. The molecule has 0 aliphatic carbocycles. The smallest absolute Gasteiger partial charge is 0.143 e. The SMILES string of the molecule is CCc1c[nH]c2ncnc(N(C)Cc3ccc(N)nc3)c12. The summed E-state index contributed by atoms with van der Waals surface area (Å²) in [6.45, 7) is 2.84. The minimum absolute atomic E-state index is 0.532. The van der Waals surface area contributed by atoms with Gasteiger partial charge in [-0.25, -0.2) is 15.0 Å². The molecule has 0 unspecified atom stereocenters. The zero-order valence-electron chi connectivity index (χ0n) is 12.2. The number of anilines is 2. The van der Waals surface area contributed by atoms with Crippen molar-refractivity contribution in [3.8, 4) is 0 Å². The topological polar surface area (TPSA) is 83.7 Å². The van der Waals surface area contributed by atoms with Crippen molar-refractivity contribution in [1.29, 1.82) is 0 Å². The third-order valence-corrected chi connectivity index (χ3v) is 3.54. The van der Waals surface area contributed by atoms with E-state index < -0.39 is 0 Å². The van der Waals surface area contributed by atoms with Gasteiger partial charge in [0.1, 0.15) is 23.6 Å². The molecule has 0 fully saturated rings. The molecular formula is C15H18N6. The Morgan fingerprint density at radius 1 is 1.24 bits per heavy atom. The van der Waals surface area contributed by atoms with E-state index in [9.17, 15) is 0 Å². The van der Waals surface area contributed by atoms with Crippen LogP contribution < -0.4 is 10.6 Å². The molecule has 0 atom stereocenters. The van der Waals surface area contributed by atoms with E-state index in [1.807, 2.05) is 25.4 Å². The summed E-state index contributed by atoms with van der Waals surface area (Å²) < 4.78 is 0. The van der Waals surface area contributed by atoms with Gasteiger partial charge >= 0.3 is 0 Å². The van der Waals surface area contributed by atoms with E-state index in [-0.39, 0.29) is 0 Å². The number of nitrogen functional groups attached to an aromatic ring is 1. The first-order valence-corrected chi connectivity index (χ1v) is 6.91. The van der Waals surface area contributed by atoms with E-state index >= 15 is 0 Å². The summed E-state index contributed by atoms with van der Waals surface area (Å²) in [6.07, 6.45) is 6.33. The van der Waals surface area contributed by atoms with Gasteiger partial charge in [0.05, 0.1) is 5.39 Å². The van der Waals surface area contributed by atoms with Crippen molar-refractivity contribution in [2.75, 3.05) is 17.7 Å². The Kier molecular flexibility index (Phi) is 3.43. The average molecular weight is 282 g/mol. The maximum atomic E-state index is 5.62. The number of aromatic amines is 1. The average Bonchev–Trinajstić information content (AvgIpc) is 2.92. The zero-order valence-corrected chi connectivity index (χ0v) is 12.2. The monoisotopic (exact) mass is 282 g/mol. The highest BCUT2D eigenvalue weighted by molar-refractivity contribution is 5.90. The third-order valence-electron chi connectivity index (χ3n) is 3.54. The van der Waals surface area contributed by atoms with Gasteiger partial charge in [-0.1, -0.05) is 13.0 Å². The summed E-state index contributed by atoms with van der Waals surface area (Å²) >= 11 is 0. The number of H-pyrrole nitrogens is 1. The van der Waals surface area contributed by atoms with Crippen LogP contribution in [0.3, 0.4) is 0 Å². The summed E-state index contributed by atoms with van der Waals surface area (Å²) in [5.41, 5.74) is 8.81. The van der Waals surface area contributed by atoms with Gasteiger partial charge in [0.15, 0.2) is 0 Å². The van der Waals surface area contributed by atoms with Crippen LogP contribution in [0.15, 0.2) is 30.9 Å². The second kappa shape index (κ2) is 5.40. The van der Waals surface area contributed by atoms with Gasteiger partial charge in [-0.15, -0.1) is 0 Å². The summed E-state index contributed by atoms with van der Waals surface area (Å²) in [7, 11) is 2.02. The summed E-state index contributed by atoms with van der Waals surface area (Å²) in [4.78, 5) is 18.2. The van der Waals surface area contributed by atoms with Gasteiger partial charge in [0.2, 0.25) is 0 Å².